The summed E-state index contributed by atoms with van der Waals surface area (Å²) in [4.78, 5) is 5.41. The van der Waals surface area contributed by atoms with Gasteiger partial charge in [0.05, 0.1) is 0 Å². The average Bonchev–Trinajstić information content (AvgIpc) is 2.42. The molecule has 0 aliphatic carbocycles. The smallest absolute Gasteiger partial charge is 0.177 e. The Morgan fingerprint density at radius 1 is 0.882 bits per heavy atom. The highest BCUT2D eigenvalue weighted by atomic mass is 16.6. The molecule has 0 aliphatic heterocycles. The van der Waals surface area contributed by atoms with Crippen molar-refractivity contribution in [2.45, 2.75) is 6.10 Å². The van der Waals surface area contributed by atoms with Crippen LogP contribution in [0, 0.1) is 0 Å². The molecule has 0 radical (unpaired) electrons. The Hall–Kier alpha value is -2.29. The number of benzene rings is 2. The Labute approximate surface area is 101 Å². The van der Waals surface area contributed by atoms with Crippen molar-refractivity contribution in [3.63, 3.8) is 0 Å². The zero-order chi connectivity index (χ0) is 11.9. The first-order chi connectivity index (χ1) is 8.42. The van der Waals surface area contributed by atoms with Crippen molar-refractivity contribution in [1.29, 1.82) is 0 Å². The van der Waals surface area contributed by atoms with Crippen molar-refractivity contribution in [1.82, 2.24) is 0 Å². The maximum Gasteiger partial charge on any atom is 0.177 e. The number of nitrogens with two attached hydrogens (primary N) is 1. The maximum absolute atomic E-state index is 5.41. The van der Waals surface area contributed by atoms with Crippen molar-refractivity contribution < 1.29 is 4.84 Å². The van der Waals surface area contributed by atoms with Gasteiger partial charge in [-0.05, 0) is 11.1 Å². The number of hydrogen-bond donors (Lipinski definition) is 1. The normalized spacial score (nSPS) is 10.9. The summed E-state index contributed by atoms with van der Waals surface area (Å²) in [5.74, 6) is 0. The van der Waals surface area contributed by atoms with Crippen molar-refractivity contribution in [3.8, 4) is 0 Å². The number of rotatable bonds is 4. The predicted octanol–water partition coefficient (Wildman–Crippen LogP) is 2.69. The molecule has 2 rings (SSSR count). The van der Waals surface area contributed by atoms with E-state index in [1.54, 1.807) is 0 Å². The molecule has 0 saturated heterocycles. The molecule has 2 N–H and O–H groups in total. The standard InChI is InChI=1S/C14H14N2O/c15-11-16-17-14(12-7-3-1-4-8-12)13-9-5-2-6-10-13/h1-11,14H,(H2,15,16). The lowest BCUT2D eigenvalue weighted by molar-refractivity contribution is 0.0884. The fraction of sp³-hybridized carbons (Fsp3) is 0.0714. The Balaban J connectivity index is 2.32. The lowest BCUT2D eigenvalue weighted by atomic mass is 10.0. The van der Waals surface area contributed by atoms with E-state index in [2.05, 4.69) is 5.16 Å². The molecule has 0 aromatic heterocycles. The third-order valence-corrected chi connectivity index (χ3v) is 2.43. The van der Waals surface area contributed by atoms with E-state index in [0.29, 0.717) is 0 Å². The zero-order valence-corrected chi connectivity index (χ0v) is 9.36. The molecule has 86 valence electrons. The molecule has 3 heteroatoms. The minimum atomic E-state index is -0.225. The summed E-state index contributed by atoms with van der Waals surface area (Å²) in [6, 6.07) is 19.8. The van der Waals surface area contributed by atoms with E-state index in [9.17, 15) is 0 Å². The highest BCUT2D eigenvalue weighted by molar-refractivity contribution is 5.50. The van der Waals surface area contributed by atoms with Gasteiger partial charge in [0.2, 0.25) is 0 Å². The number of oxime groups is 1. The molecule has 0 amide bonds. The fourth-order valence-corrected chi connectivity index (χ4v) is 1.67. The van der Waals surface area contributed by atoms with Gasteiger partial charge in [0.25, 0.3) is 0 Å². The Kier molecular flexibility index (Phi) is 3.76. The molecule has 0 fully saturated rings. The monoisotopic (exact) mass is 226 g/mol. The van der Waals surface area contributed by atoms with Crippen LogP contribution < -0.4 is 5.73 Å². The van der Waals surface area contributed by atoms with Gasteiger partial charge >= 0.3 is 0 Å². The second kappa shape index (κ2) is 5.70. The number of hydrogen-bond acceptors (Lipinski definition) is 2. The van der Waals surface area contributed by atoms with Crippen LogP contribution >= 0.6 is 0 Å². The first kappa shape index (κ1) is 11.2. The van der Waals surface area contributed by atoms with Gasteiger partial charge in [-0.25, -0.2) is 0 Å². The van der Waals surface area contributed by atoms with Crippen LogP contribution in [0.5, 0.6) is 0 Å². The summed E-state index contributed by atoms with van der Waals surface area (Å²) in [6.07, 6.45) is 0.927. The zero-order valence-electron chi connectivity index (χ0n) is 9.36. The van der Waals surface area contributed by atoms with Crippen LogP contribution in [0.15, 0.2) is 65.8 Å². The number of nitrogens with zero attached hydrogens (tertiary/aromatic N) is 1. The van der Waals surface area contributed by atoms with Crippen LogP contribution in [0.2, 0.25) is 0 Å². The lowest BCUT2D eigenvalue weighted by Crippen LogP contribution is -2.04. The Bertz CT molecular complexity index is 429. The van der Waals surface area contributed by atoms with Gasteiger partial charge in [0.1, 0.15) is 6.34 Å². The summed E-state index contributed by atoms with van der Waals surface area (Å²) in [6.45, 7) is 0. The van der Waals surface area contributed by atoms with Crippen molar-refractivity contribution in [3.05, 3.63) is 71.8 Å². The maximum atomic E-state index is 5.41. The Morgan fingerprint density at radius 2 is 1.35 bits per heavy atom. The van der Waals surface area contributed by atoms with Crippen LogP contribution in [0.1, 0.15) is 17.2 Å². The molecule has 2 aromatic carbocycles. The van der Waals surface area contributed by atoms with Crippen LogP contribution in [0.4, 0.5) is 0 Å². The highest BCUT2D eigenvalue weighted by Crippen LogP contribution is 2.25. The molecular weight excluding hydrogens is 212 g/mol. The fourth-order valence-electron chi connectivity index (χ4n) is 1.67. The van der Waals surface area contributed by atoms with Crippen molar-refractivity contribution in [2.24, 2.45) is 10.9 Å². The van der Waals surface area contributed by atoms with E-state index < -0.39 is 0 Å². The lowest BCUT2D eigenvalue weighted by Gasteiger charge is -2.15. The molecule has 0 unspecified atom stereocenters. The van der Waals surface area contributed by atoms with Crippen molar-refractivity contribution in [2.75, 3.05) is 0 Å². The van der Waals surface area contributed by atoms with Gasteiger partial charge in [-0.3, -0.25) is 0 Å². The van der Waals surface area contributed by atoms with Crippen LogP contribution in [-0.2, 0) is 4.84 Å². The topological polar surface area (TPSA) is 47.6 Å². The van der Waals surface area contributed by atoms with Gasteiger partial charge < -0.3 is 10.6 Å². The van der Waals surface area contributed by atoms with E-state index >= 15 is 0 Å². The SMILES string of the molecule is N/C=N/OC(c1ccccc1)c1ccccc1. The Morgan fingerprint density at radius 3 is 1.76 bits per heavy atom. The summed E-state index contributed by atoms with van der Waals surface area (Å²) in [7, 11) is 0. The van der Waals surface area contributed by atoms with E-state index in [0.717, 1.165) is 17.5 Å². The second-order valence-electron chi connectivity index (χ2n) is 3.56. The molecule has 0 aliphatic rings. The van der Waals surface area contributed by atoms with E-state index in [1.807, 2.05) is 60.7 Å². The predicted molar refractivity (Wildman–Crippen MR) is 68.5 cm³/mol. The van der Waals surface area contributed by atoms with Gasteiger partial charge in [-0.15, -0.1) is 0 Å². The molecule has 0 heterocycles. The van der Waals surface area contributed by atoms with Crippen LogP contribution in [-0.4, -0.2) is 6.34 Å². The van der Waals surface area contributed by atoms with Crippen LogP contribution in [0.25, 0.3) is 0 Å². The highest BCUT2D eigenvalue weighted by Gasteiger charge is 2.14. The minimum absolute atomic E-state index is 0.225. The largest absolute Gasteiger partial charge is 0.387 e. The molecule has 3 nitrogen and oxygen atoms in total. The van der Waals surface area contributed by atoms with E-state index in [1.165, 1.54) is 0 Å². The summed E-state index contributed by atoms with van der Waals surface area (Å²) in [5, 5.41) is 3.68. The average molecular weight is 226 g/mol. The third kappa shape index (κ3) is 2.84. The van der Waals surface area contributed by atoms with E-state index in [-0.39, 0.29) is 6.10 Å². The van der Waals surface area contributed by atoms with Crippen LogP contribution in [0.3, 0.4) is 0 Å². The minimum Gasteiger partial charge on any atom is -0.387 e. The van der Waals surface area contributed by atoms with Crippen molar-refractivity contribution >= 4 is 6.34 Å². The second-order valence-corrected chi connectivity index (χ2v) is 3.56. The van der Waals surface area contributed by atoms with E-state index in [4.69, 9.17) is 10.6 Å². The molecule has 0 spiro atoms. The van der Waals surface area contributed by atoms with Gasteiger partial charge in [0, 0.05) is 0 Å². The summed E-state index contributed by atoms with van der Waals surface area (Å²) < 4.78 is 0. The molecular formula is C14H14N2O. The quantitative estimate of drug-likeness (QED) is 0.495. The first-order valence-corrected chi connectivity index (χ1v) is 5.41. The molecule has 17 heavy (non-hydrogen) atoms. The third-order valence-electron chi connectivity index (χ3n) is 2.43. The molecule has 2 aromatic rings. The molecule has 0 saturated carbocycles. The molecule has 0 atom stereocenters. The first-order valence-electron chi connectivity index (χ1n) is 5.41. The van der Waals surface area contributed by atoms with Gasteiger partial charge in [-0.2, -0.15) is 0 Å². The molecule has 0 bridgehead atoms. The van der Waals surface area contributed by atoms with Gasteiger partial charge in [0.15, 0.2) is 6.10 Å². The van der Waals surface area contributed by atoms with Gasteiger partial charge in [-0.1, -0.05) is 65.8 Å². The summed E-state index contributed by atoms with van der Waals surface area (Å²) in [5.41, 5.74) is 7.31. The summed E-state index contributed by atoms with van der Waals surface area (Å²) >= 11 is 0.